The highest BCUT2D eigenvalue weighted by Gasteiger charge is 2.18. The third kappa shape index (κ3) is 2.86. The first kappa shape index (κ1) is 17.5. The van der Waals surface area contributed by atoms with Crippen LogP contribution >= 0.6 is 0 Å². The van der Waals surface area contributed by atoms with Gasteiger partial charge >= 0.3 is 0 Å². The summed E-state index contributed by atoms with van der Waals surface area (Å²) in [6, 6.07) is 19.6. The van der Waals surface area contributed by atoms with Crippen molar-refractivity contribution in [3.05, 3.63) is 78.7 Å². The van der Waals surface area contributed by atoms with Gasteiger partial charge in [0.15, 0.2) is 11.9 Å². The van der Waals surface area contributed by atoms with E-state index in [0.29, 0.717) is 16.6 Å². The van der Waals surface area contributed by atoms with E-state index < -0.39 is 6.29 Å². The smallest absolute Gasteiger partial charge is 0.180 e. The van der Waals surface area contributed by atoms with E-state index in [0.717, 1.165) is 33.6 Å². The summed E-state index contributed by atoms with van der Waals surface area (Å²) in [4.78, 5) is 9.68. The fourth-order valence-corrected chi connectivity index (χ4v) is 3.71. The van der Waals surface area contributed by atoms with E-state index in [1.165, 1.54) is 0 Å². The van der Waals surface area contributed by atoms with Gasteiger partial charge in [0.05, 0.1) is 22.4 Å². The molecule has 0 aliphatic carbocycles. The van der Waals surface area contributed by atoms with Crippen molar-refractivity contribution >= 4 is 33.4 Å². The highest BCUT2D eigenvalue weighted by atomic mass is 16.5. The molecule has 3 heterocycles. The van der Waals surface area contributed by atoms with Gasteiger partial charge in [-0.2, -0.15) is 0 Å². The number of aliphatic hydroxyl groups is 2. The zero-order valence-corrected chi connectivity index (χ0v) is 15.7. The number of rotatable bonds is 4. The van der Waals surface area contributed by atoms with Crippen molar-refractivity contribution in [2.45, 2.75) is 6.29 Å². The number of nitrogens with zero attached hydrogens (tertiary/aromatic N) is 2. The Morgan fingerprint density at radius 2 is 1.86 bits per heavy atom. The average Bonchev–Trinajstić information content (AvgIpc) is 3.37. The standard InChI is InChI=1S/C23H19N3O3/c1-26(14-6-3-2-4-7-14)20-9-5-8-15-17(13-29-22(15)20)18-12-19-21(25-18)16(23(27)28)10-11-24-19/h2-13,23,25,27-28H,1H3. The lowest BCUT2D eigenvalue weighted by Gasteiger charge is -2.19. The fraction of sp³-hybridized carbons (Fsp3) is 0.0870. The number of nitrogens with one attached hydrogen (secondary N) is 1. The fourth-order valence-electron chi connectivity index (χ4n) is 3.71. The Morgan fingerprint density at radius 3 is 2.66 bits per heavy atom. The second kappa shape index (κ2) is 6.77. The van der Waals surface area contributed by atoms with Crippen molar-refractivity contribution in [3.63, 3.8) is 0 Å². The largest absolute Gasteiger partial charge is 0.461 e. The number of hydrogen-bond donors (Lipinski definition) is 3. The highest BCUT2D eigenvalue weighted by molar-refractivity contribution is 6.02. The molecule has 0 aliphatic rings. The van der Waals surface area contributed by atoms with Gasteiger partial charge in [0.25, 0.3) is 0 Å². The van der Waals surface area contributed by atoms with Crippen LogP contribution in [0.15, 0.2) is 77.5 Å². The van der Waals surface area contributed by atoms with Crippen molar-refractivity contribution in [2.24, 2.45) is 0 Å². The molecular formula is C23H19N3O3. The van der Waals surface area contributed by atoms with Gasteiger partial charge in [-0.3, -0.25) is 4.98 Å². The van der Waals surface area contributed by atoms with Crippen LogP contribution in [0.2, 0.25) is 0 Å². The summed E-state index contributed by atoms with van der Waals surface area (Å²) < 4.78 is 5.97. The van der Waals surface area contributed by atoms with Crippen molar-refractivity contribution in [3.8, 4) is 11.3 Å². The van der Waals surface area contributed by atoms with Crippen LogP contribution < -0.4 is 4.90 Å². The van der Waals surface area contributed by atoms with E-state index in [2.05, 4.69) is 14.9 Å². The number of H-pyrrole nitrogens is 1. The van der Waals surface area contributed by atoms with Gasteiger partial charge in [-0.15, -0.1) is 0 Å². The molecular weight excluding hydrogens is 366 g/mol. The molecule has 2 aromatic carbocycles. The molecule has 0 spiro atoms. The zero-order chi connectivity index (χ0) is 20.0. The summed E-state index contributed by atoms with van der Waals surface area (Å²) >= 11 is 0. The summed E-state index contributed by atoms with van der Waals surface area (Å²) in [5, 5.41) is 20.2. The number of aromatic amines is 1. The SMILES string of the molecule is CN(c1ccccc1)c1cccc2c(-c3cc4nccc(C(O)O)c4[nH]3)coc12. The predicted octanol–water partition coefficient (Wildman–Crippen LogP) is 4.73. The Morgan fingerprint density at radius 1 is 1.03 bits per heavy atom. The number of anilines is 2. The number of para-hydroxylation sites is 2. The van der Waals surface area contributed by atoms with Crippen LogP contribution in [0.4, 0.5) is 11.4 Å². The first-order valence-electron chi connectivity index (χ1n) is 9.26. The Kier molecular flexibility index (Phi) is 4.08. The Labute approximate surface area is 166 Å². The van der Waals surface area contributed by atoms with Crippen LogP contribution in [0.1, 0.15) is 11.9 Å². The van der Waals surface area contributed by atoms with E-state index in [1.54, 1.807) is 18.5 Å². The van der Waals surface area contributed by atoms with E-state index in [-0.39, 0.29) is 0 Å². The van der Waals surface area contributed by atoms with Crippen LogP contribution in [0.3, 0.4) is 0 Å². The minimum absolute atomic E-state index is 0.388. The van der Waals surface area contributed by atoms with Gasteiger partial charge in [0.2, 0.25) is 0 Å². The number of aliphatic hydroxyl groups excluding tert-OH is 1. The predicted molar refractivity (Wildman–Crippen MR) is 113 cm³/mol. The molecule has 144 valence electrons. The van der Waals surface area contributed by atoms with E-state index in [9.17, 15) is 10.2 Å². The maximum absolute atomic E-state index is 9.62. The number of furan rings is 1. The van der Waals surface area contributed by atoms with Crippen molar-refractivity contribution in [1.82, 2.24) is 9.97 Å². The lowest BCUT2D eigenvalue weighted by molar-refractivity contribution is -0.0414. The van der Waals surface area contributed by atoms with Crippen LogP contribution in [-0.2, 0) is 0 Å². The minimum atomic E-state index is -1.57. The Hall–Kier alpha value is -3.61. The molecule has 0 bridgehead atoms. The molecule has 29 heavy (non-hydrogen) atoms. The molecule has 0 atom stereocenters. The van der Waals surface area contributed by atoms with E-state index >= 15 is 0 Å². The minimum Gasteiger partial charge on any atom is -0.461 e. The van der Waals surface area contributed by atoms with Crippen LogP contribution in [0, 0.1) is 0 Å². The van der Waals surface area contributed by atoms with Crippen molar-refractivity contribution in [2.75, 3.05) is 11.9 Å². The average molecular weight is 385 g/mol. The summed E-state index contributed by atoms with van der Waals surface area (Å²) in [6.45, 7) is 0. The maximum atomic E-state index is 9.62. The molecule has 0 saturated carbocycles. The molecule has 5 aromatic rings. The first-order chi connectivity index (χ1) is 14.1. The molecule has 0 fully saturated rings. The number of hydrogen-bond acceptors (Lipinski definition) is 5. The third-order valence-corrected chi connectivity index (χ3v) is 5.21. The second-order valence-corrected chi connectivity index (χ2v) is 6.91. The molecule has 0 aliphatic heterocycles. The zero-order valence-electron chi connectivity index (χ0n) is 15.7. The van der Waals surface area contributed by atoms with Gasteiger partial charge in [-0.1, -0.05) is 30.3 Å². The van der Waals surface area contributed by atoms with E-state index in [4.69, 9.17) is 4.42 Å². The van der Waals surface area contributed by atoms with Crippen LogP contribution in [-0.4, -0.2) is 27.2 Å². The monoisotopic (exact) mass is 385 g/mol. The third-order valence-electron chi connectivity index (χ3n) is 5.21. The summed E-state index contributed by atoms with van der Waals surface area (Å²) in [6.07, 6.45) is 1.71. The van der Waals surface area contributed by atoms with Crippen molar-refractivity contribution < 1.29 is 14.6 Å². The first-order valence-corrected chi connectivity index (χ1v) is 9.26. The van der Waals surface area contributed by atoms with Gasteiger partial charge in [0.1, 0.15) is 6.26 Å². The highest BCUT2D eigenvalue weighted by Crippen LogP contribution is 2.38. The number of pyridine rings is 1. The maximum Gasteiger partial charge on any atom is 0.180 e. The Balaban J connectivity index is 1.65. The topological polar surface area (TPSA) is 85.5 Å². The molecule has 0 saturated heterocycles. The molecule has 5 rings (SSSR count). The summed E-state index contributed by atoms with van der Waals surface area (Å²) in [7, 11) is 2.01. The van der Waals surface area contributed by atoms with Crippen LogP contribution in [0.5, 0.6) is 0 Å². The Bertz CT molecular complexity index is 1310. The van der Waals surface area contributed by atoms with Gasteiger partial charge in [0, 0.05) is 35.4 Å². The normalized spacial score (nSPS) is 11.6. The molecule has 6 heteroatoms. The second-order valence-electron chi connectivity index (χ2n) is 6.91. The quantitative estimate of drug-likeness (QED) is 0.390. The summed E-state index contributed by atoms with van der Waals surface area (Å²) in [5.74, 6) is 0. The summed E-state index contributed by atoms with van der Waals surface area (Å²) in [5.41, 5.74) is 6.15. The van der Waals surface area contributed by atoms with Gasteiger partial charge in [-0.25, -0.2) is 0 Å². The number of benzene rings is 2. The molecule has 0 unspecified atom stereocenters. The van der Waals surface area contributed by atoms with E-state index in [1.807, 2.05) is 61.6 Å². The molecule has 6 nitrogen and oxygen atoms in total. The lowest BCUT2D eigenvalue weighted by Crippen LogP contribution is -2.09. The molecule has 0 amide bonds. The number of aromatic nitrogens is 2. The number of fused-ring (bicyclic) bond motifs is 2. The van der Waals surface area contributed by atoms with Crippen molar-refractivity contribution in [1.29, 1.82) is 0 Å². The molecule has 3 N–H and O–H groups in total. The molecule has 3 aromatic heterocycles. The van der Waals surface area contributed by atoms with Gasteiger partial charge in [-0.05, 0) is 30.3 Å². The van der Waals surface area contributed by atoms with Crippen LogP contribution in [0.25, 0.3) is 33.3 Å². The lowest BCUT2D eigenvalue weighted by atomic mass is 10.1. The van der Waals surface area contributed by atoms with Gasteiger partial charge < -0.3 is 24.5 Å². The molecule has 0 radical (unpaired) electrons.